The van der Waals surface area contributed by atoms with Crippen LogP contribution in [0.4, 0.5) is 0 Å². The summed E-state index contributed by atoms with van der Waals surface area (Å²) in [5, 5.41) is 0.808. The molecule has 1 unspecified atom stereocenters. The van der Waals surface area contributed by atoms with Crippen LogP contribution in [-0.2, 0) is 12.8 Å². The molecule has 0 aromatic heterocycles. The van der Waals surface area contributed by atoms with Gasteiger partial charge in [0.05, 0.1) is 4.83 Å². The van der Waals surface area contributed by atoms with Gasteiger partial charge in [-0.1, -0.05) is 51.8 Å². The Kier molecular flexibility index (Phi) is 4.18. The van der Waals surface area contributed by atoms with E-state index in [1.807, 2.05) is 12.1 Å². The Bertz CT molecular complexity index is 613. The fourth-order valence-electron chi connectivity index (χ4n) is 3.01. The molecule has 1 aliphatic carbocycles. The van der Waals surface area contributed by atoms with Crippen LogP contribution < -0.4 is 0 Å². The van der Waals surface area contributed by atoms with E-state index in [1.54, 1.807) is 0 Å². The van der Waals surface area contributed by atoms with Crippen molar-refractivity contribution in [1.82, 2.24) is 0 Å². The number of aryl methyl sites for hydroxylation is 3. The molecule has 1 aliphatic rings. The Balaban J connectivity index is 1.95. The molecule has 1 atom stereocenters. The SMILES string of the molecule is Cc1cc(Cl)cc(C(Br)c2ccc3c(c2)CCCC3)c1. The third-order valence-electron chi connectivity index (χ3n) is 4.02. The predicted octanol–water partition coefficient (Wildman–Crippen LogP) is 6.01. The zero-order valence-electron chi connectivity index (χ0n) is 11.6. The first-order valence-electron chi connectivity index (χ1n) is 7.16. The second kappa shape index (κ2) is 5.91. The summed E-state index contributed by atoms with van der Waals surface area (Å²) in [4.78, 5) is 0.215. The summed E-state index contributed by atoms with van der Waals surface area (Å²) < 4.78 is 0. The maximum absolute atomic E-state index is 6.18. The summed E-state index contributed by atoms with van der Waals surface area (Å²) in [5.74, 6) is 0. The average Bonchev–Trinajstić information content (AvgIpc) is 2.45. The van der Waals surface area contributed by atoms with Crippen LogP contribution in [0.2, 0.25) is 5.02 Å². The Morgan fingerprint density at radius 3 is 2.45 bits per heavy atom. The standard InChI is InChI=1S/C18H18BrCl/c1-12-8-16(11-17(20)9-12)18(19)15-7-6-13-4-2-3-5-14(13)10-15/h6-11,18H,2-5H2,1H3. The van der Waals surface area contributed by atoms with Crippen LogP contribution in [0.25, 0.3) is 0 Å². The van der Waals surface area contributed by atoms with Gasteiger partial charge in [0.1, 0.15) is 0 Å². The van der Waals surface area contributed by atoms with E-state index in [2.05, 4.69) is 47.1 Å². The van der Waals surface area contributed by atoms with E-state index in [9.17, 15) is 0 Å². The molecule has 0 saturated heterocycles. The second-order valence-electron chi connectivity index (χ2n) is 5.66. The van der Waals surface area contributed by atoms with Crippen molar-refractivity contribution in [3.8, 4) is 0 Å². The molecule has 0 bridgehead atoms. The van der Waals surface area contributed by atoms with E-state index in [1.165, 1.54) is 53.5 Å². The average molecular weight is 350 g/mol. The molecule has 2 aromatic rings. The van der Waals surface area contributed by atoms with Crippen LogP contribution in [-0.4, -0.2) is 0 Å². The molecule has 20 heavy (non-hydrogen) atoms. The van der Waals surface area contributed by atoms with Gasteiger partial charge in [-0.25, -0.2) is 0 Å². The minimum atomic E-state index is 0.215. The zero-order valence-corrected chi connectivity index (χ0v) is 14.0. The lowest BCUT2D eigenvalue weighted by Gasteiger charge is -2.19. The lowest BCUT2D eigenvalue weighted by Crippen LogP contribution is -2.04. The molecule has 0 N–H and O–H groups in total. The molecule has 2 heteroatoms. The van der Waals surface area contributed by atoms with Gasteiger partial charge in [0.2, 0.25) is 0 Å². The van der Waals surface area contributed by atoms with Gasteiger partial charge < -0.3 is 0 Å². The third kappa shape index (κ3) is 2.94. The molecule has 0 spiro atoms. The molecule has 104 valence electrons. The van der Waals surface area contributed by atoms with Gasteiger partial charge in [0, 0.05) is 5.02 Å². The van der Waals surface area contributed by atoms with Gasteiger partial charge in [-0.15, -0.1) is 0 Å². The van der Waals surface area contributed by atoms with E-state index >= 15 is 0 Å². The summed E-state index contributed by atoms with van der Waals surface area (Å²) in [6, 6.07) is 13.2. The van der Waals surface area contributed by atoms with Crippen molar-refractivity contribution in [2.45, 2.75) is 37.4 Å². The van der Waals surface area contributed by atoms with Gasteiger partial charge >= 0.3 is 0 Å². The zero-order chi connectivity index (χ0) is 14.1. The first-order chi connectivity index (χ1) is 9.63. The molecular formula is C18H18BrCl. The Hall–Kier alpha value is -0.790. The largest absolute Gasteiger partial charge is 0.0843 e. The van der Waals surface area contributed by atoms with Crippen LogP contribution in [0.5, 0.6) is 0 Å². The van der Waals surface area contributed by atoms with Gasteiger partial charge in [0.25, 0.3) is 0 Å². The summed E-state index contributed by atoms with van der Waals surface area (Å²) in [5.41, 5.74) is 6.81. The van der Waals surface area contributed by atoms with Crippen molar-refractivity contribution in [1.29, 1.82) is 0 Å². The molecule has 0 fully saturated rings. The summed E-state index contributed by atoms with van der Waals surface area (Å²) in [6.45, 7) is 2.09. The molecule has 0 radical (unpaired) electrons. The fourth-order valence-corrected chi connectivity index (χ4v) is 3.86. The van der Waals surface area contributed by atoms with Crippen LogP contribution in [0.15, 0.2) is 36.4 Å². The highest BCUT2D eigenvalue weighted by molar-refractivity contribution is 9.09. The van der Waals surface area contributed by atoms with E-state index in [0.29, 0.717) is 0 Å². The van der Waals surface area contributed by atoms with Crippen LogP contribution >= 0.6 is 27.5 Å². The fraction of sp³-hybridized carbons (Fsp3) is 0.333. The summed E-state index contributed by atoms with van der Waals surface area (Å²) >= 11 is 10.0. The lowest BCUT2D eigenvalue weighted by atomic mass is 9.89. The van der Waals surface area contributed by atoms with Gasteiger partial charge in [-0.3, -0.25) is 0 Å². The first kappa shape index (κ1) is 14.2. The van der Waals surface area contributed by atoms with Gasteiger partial charge in [-0.05, 0) is 72.6 Å². The predicted molar refractivity (Wildman–Crippen MR) is 90.0 cm³/mol. The van der Waals surface area contributed by atoms with Crippen LogP contribution in [0, 0.1) is 6.92 Å². The molecule has 0 amide bonds. The van der Waals surface area contributed by atoms with Crippen LogP contribution in [0.3, 0.4) is 0 Å². The maximum Gasteiger partial charge on any atom is 0.0645 e. The lowest BCUT2D eigenvalue weighted by molar-refractivity contribution is 0.684. The van der Waals surface area contributed by atoms with E-state index in [0.717, 1.165) is 5.02 Å². The molecule has 2 aromatic carbocycles. The Labute approximate surface area is 134 Å². The van der Waals surface area contributed by atoms with Crippen molar-refractivity contribution in [2.75, 3.05) is 0 Å². The molecule has 0 aliphatic heterocycles. The minimum Gasteiger partial charge on any atom is -0.0843 e. The highest BCUT2D eigenvalue weighted by atomic mass is 79.9. The van der Waals surface area contributed by atoms with Crippen molar-refractivity contribution >= 4 is 27.5 Å². The van der Waals surface area contributed by atoms with E-state index < -0.39 is 0 Å². The molecule has 3 rings (SSSR count). The van der Waals surface area contributed by atoms with Crippen molar-refractivity contribution < 1.29 is 0 Å². The number of hydrogen-bond donors (Lipinski definition) is 0. The molecule has 0 saturated carbocycles. The summed E-state index contributed by atoms with van der Waals surface area (Å²) in [7, 11) is 0. The maximum atomic E-state index is 6.18. The first-order valence-corrected chi connectivity index (χ1v) is 8.46. The van der Waals surface area contributed by atoms with Crippen molar-refractivity contribution in [3.63, 3.8) is 0 Å². The van der Waals surface area contributed by atoms with E-state index in [-0.39, 0.29) is 4.83 Å². The van der Waals surface area contributed by atoms with Gasteiger partial charge in [0.15, 0.2) is 0 Å². The quantitative estimate of drug-likeness (QED) is 0.582. The monoisotopic (exact) mass is 348 g/mol. The molecule has 0 nitrogen and oxygen atoms in total. The van der Waals surface area contributed by atoms with Crippen molar-refractivity contribution in [3.05, 3.63) is 69.2 Å². The second-order valence-corrected chi connectivity index (χ2v) is 7.01. The smallest absolute Gasteiger partial charge is 0.0645 e. The number of benzene rings is 2. The topological polar surface area (TPSA) is 0 Å². The van der Waals surface area contributed by atoms with Gasteiger partial charge in [-0.2, -0.15) is 0 Å². The Morgan fingerprint density at radius 1 is 0.950 bits per heavy atom. The minimum absolute atomic E-state index is 0.215. The normalized spacial score (nSPS) is 15.8. The Morgan fingerprint density at radius 2 is 1.70 bits per heavy atom. The molecular weight excluding hydrogens is 332 g/mol. The molecule has 0 heterocycles. The van der Waals surface area contributed by atoms with Crippen molar-refractivity contribution in [2.24, 2.45) is 0 Å². The number of alkyl halides is 1. The highest BCUT2D eigenvalue weighted by Gasteiger charge is 2.15. The number of hydrogen-bond acceptors (Lipinski definition) is 0. The van der Waals surface area contributed by atoms with E-state index in [4.69, 9.17) is 11.6 Å². The van der Waals surface area contributed by atoms with Crippen LogP contribution in [0.1, 0.15) is 45.5 Å². The third-order valence-corrected chi connectivity index (χ3v) is 5.30. The number of rotatable bonds is 2. The summed E-state index contributed by atoms with van der Waals surface area (Å²) in [6.07, 6.45) is 5.10. The highest BCUT2D eigenvalue weighted by Crippen LogP contribution is 2.35. The number of fused-ring (bicyclic) bond motifs is 1. The number of halogens is 2.